The minimum Gasteiger partial charge on any atom is -0.365 e. The summed E-state index contributed by atoms with van der Waals surface area (Å²) in [6, 6.07) is 13.7. The number of para-hydroxylation sites is 1. The number of nitrogens with two attached hydrogens (primary N) is 1. The Labute approximate surface area is 117 Å². The van der Waals surface area contributed by atoms with Crippen LogP contribution in [0.3, 0.4) is 0 Å². The second-order valence-electron chi connectivity index (χ2n) is 4.53. The second-order valence-corrected chi connectivity index (χ2v) is 4.53. The summed E-state index contributed by atoms with van der Waals surface area (Å²) in [6.45, 7) is 3.93. The van der Waals surface area contributed by atoms with Crippen LogP contribution in [-0.4, -0.2) is 10.5 Å². The minimum atomic E-state index is -0.711. The van der Waals surface area contributed by atoms with Crippen LogP contribution >= 0.6 is 0 Å². The molecule has 1 aromatic carbocycles. The highest BCUT2D eigenvalue weighted by atomic mass is 16.1. The molecule has 0 radical (unpaired) electrons. The fraction of sp³-hybridized carbons (Fsp3) is 0.125. The standard InChI is InChI=1S/C16H15N3O/c1-11-8-13(9-14(10-17)16(18)20)12(2)19(11)15-6-4-3-5-7-15/h3-9H,1-2H3,(H2,18,20)/b14-9-. The van der Waals surface area contributed by atoms with Crippen LogP contribution in [0.25, 0.3) is 11.8 Å². The van der Waals surface area contributed by atoms with Gasteiger partial charge in [0.2, 0.25) is 0 Å². The van der Waals surface area contributed by atoms with Crippen molar-refractivity contribution in [1.29, 1.82) is 5.26 Å². The smallest absolute Gasteiger partial charge is 0.259 e. The van der Waals surface area contributed by atoms with Gasteiger partial charge in [0.15, 0.2) is 0 Å². The number of benzene rings is 1. The van der Waals surface area contributed by atoms with Crippen LogP contribution in [0.15, 0.2) is 42.0 Å². The van der Waals surface area contributed by atoms with Crippen LogP contribution < -0.4 is 5.73 Å². The van der Waals surface area contributed by atoms with Gasteiger partial charge in [-0.15, -0.1) is 0 Å². The first kappa shape index (κ1) is 13.6. The number of aromatic nitrogens is 1. The fourth-order valence-corrected chi connectivity index (χ4v) is 2.22. The molecule has 0 unspecified atom stereocenters. The lowest BCUT2D eigenvalue weighted by atomic mass is 10.1. The molecule has 0 saturated carbocycles. The molecular formula is C16H15N3O. The Balaban J connectivity index is 2.56. The van der Waals surface area contributed by atoms with Crippen molar-refractivity contribution in [2.24, 2.45) is 5.73 Å². The number of rotatable bonds is 3. The number of carbonyl (C=O) groups excluding carboxylic acids is 1. The van der Waals surface area contributed by atoms with Gasteiger partial charge in [0.25, 0.3) is 5.91 Å². The van der Waals surface area contributed by atoms with Gasteiger partial charge in [-0.3, -0.25) is 4.79 Å². The molecule has 0 bridgehead atoms. The first-order valence-corrected chi connectivity index (χ1v) is 6.20. The first-order chi connectivity index (χ1) is 9.54. The molecule has 0 spiro atoms. The van der Waals surface area contributed by atoms with E-state index in [1.54, 1.807) is 0 Å². The fourth-order valence-electron chi connectivity index (χ4n) is 2.22. The average molecular weight is 265 g/mol. The van der Waals surface area contributed by atoms with Crippen LogP contribution in [0.1, 0.15) is 17.0 Å². The molecule has 1 heterocycles. The molecule has 0 saturated heterocycles. The molecule has 0 aliphatic heterocycles. The highest BCUT2D eigenvalue weighted by molar-refractivity contribution is 6.00. The highest BCUT2D eigenvalue weighted by Crippen LogP contribution is 2.22. The number of carbonyl (C=O) groups is 1. The Morgan fingerprint density at radius 1 is 1.30 bits per heavy atom. The average Bonchev–Trinajstić information content (AvgIpc) is 2.71. The van der Waals surface area contributed by atoms with E-state index in [2.05, 4.69) is 4.57 Å². The topological polar surface area (TPSA) is 71.8 Å². The maximum Gasteiger partial charge on any atom is 0.259 e. The van der Waals surface area contributed by atoms with Crippen molar-refractivity contribution in [3.8, 4) is 11.8 Å². The summed E-state index contributed by atoms with van der Waals surface area (Å²) < 4.78 is 2.07. The van der Waals surface area contributed by atoms with Crippen molar-refractivity contribution in [2.75, 3.05) is 0 Å². The molecular weight excluding hydrogens is 250 g/mol. The largest absolute Gasteiger partial charge is 0.365 e. The molecule has 4 heteroatoms. The summed E-state index contributed by atoms with van der Waals surface area (Å²) >= 11 is 0. The van der Waals surface area contributed by atoms with Crippen molar-refractivity contribution >= 4 is 12.0 Å². The number of amides is 1. The summed E-state index contributed by atoms with van der Waals surface area (Å²) in [5.74, 6) is -0.711. The quantitative estimate of drug-likeness (QED) is 0.684. The zero-order valence-corrected chi connectivity index (χ0v) is 11.4. The number of hydrogen-bond acceptors (Lipinski definition) is 2. The lowest BCUT2D eigenvalue weighted by molar-refractivity contribution is -0.114. The molecule has 1 amide bonds. The molecule has 1 aromatic heterocycles. The van der Waals surface area contributed by atoms with E-state index in [-0.39, 0.29) is 5.57 Å². The molecule has 4 nitrogen and oxygen atoms in total. The summed E-state index contributed by atoms with van der Waals surface area (Å²) in [5.41, 5.74) is 8.97. The number of nitrogens with zero attached hydrogens (tertiary/aromatic N) is 2. The number of nitriles is 1. The third-order valence-electron chi connectivity index (χ3n) is 3.17. The SMILES string of the molecule is Cc1cc(/C=C(/C#N)C(N)=O)c(C)n1-c1ccccc1. The van der Waals surface area contributed by atoms with E-state index in [0.29, 0.717) is 0 Å². The van der Waals surface area contributed by atoms with E-state index in [1.807, 2.05) is 56.3 Å². The molecule has 0 atom stereocenters. The molecule has 0 aliphatic rings. The maximum atomic E-state index is 11.1. The van der Waals surface area contributed by atoms with Crippen LogP contribution in [0.5, 0.6) is 0 Å². The Morgan fingerprint density at radius 2 is 1.95 bits per heavy atom. The van der Waals surface area contributed by atoms with Crippen molar-refractivity contribution in [2.45, 2.75) is 13.8 Å². The minimum absolute atomic E-state index is 0.0432. The summed E-state index contributed by atoms with van der Waals surface area (Å²) in [4.78, 5) is 11.1. The second kappa shape index (κ2) is 5.45. The Kier molecular flexibility index (Phi) is 3.72. The number of aryl methyl sites for hydroxylation is 1. The van der Waals surface area contributed by atoms with Gasteiger partial charge in [0.1, 0.15) is 11.6 Å². The first-order valence-electron chi connectivity index (χ1n) is 6.20. The Bertz CT molecular complexity index is 718. The maximum absolute atomic E-state index is 11.1. The Morgan fingerprint density at radius 3 is 2.50 bits per heavy atom. The van der Waals surface area contributed by atoms with Gasteiger partial charge < -0.3 is 10.3 Å². The third kappa shape index (κ3) is 2.47. The van der Waals surface area contributed by atoms with Crippen LogP contribution in [0.2, 0.25) is 0 Å². The summed E-state index contributed by atoms with van der Waals surface area (Å²) in [6.07, 6.45) is 1.53. The van der Waals surface area contributed by atoms with Crippen LogP contribution in [0.4, 0.5) is 0 Å². The lowest BCUT2D eigenvalue weighted by Crippen LogP contribution is -2.12. The molecule has 2 N–H and O–H groups in total. The number of hydrogen-bond donors (Lipinski definition) is 1. The summed E-state index contributed by atoms with van der Waals surface area (Å²) in [7, 11) is 0. The molecule has 2 rings (SSSR count). The molecule has 100 valence electrons. The van der Waals surface area contributed by atoms with E-state index >= 15 is 0 Å². The van der Waals surface area contributed by atoms with Crippen molar-refractivity contribution in [3.63, 3.8) is 0 Å². The normalized spacial score (nSPS) is 11.2. The molecule has 0 fully saturated rings. The predicted molar refractivity (Wildman–Crippen MR) is 78.0 cm³/mol. The van der Waals surface area contributed by atoms with Crippen LogP contribution in [0, 0.1) is 25.2 Å². The van der Waals surface area contributed by atoms with E-state index in [0.717, 1.165) is 22.6 Å². The lowest BCUT2D eigenvalue weighted by Gasteiger charge is -2.09. The van der Waals surface area contributed by atoms with Gasteiger partial charge in [-0.25, -0.2) is 0 Å². The number of primary amides is 1. The zero-order chi connectivity index (χ0) is 14.7. The van der Waals surface area contributed by atoms with Gasteiger partial charge in [-0.2, -0.15) is 5.26 Å². The van der Waals surface area contributed by atoms with Gasteiger partial charge in [-0.05, 0) is 43.7 Å². The zero-order valence-electron chi connectivity index (χ0n) is 11.4. The van der Waals surface area contributed by atoms with E-state index in [9.17, 15) is 4.79 Å². The third-order valence-corrected chi connectivity index (χ3v) is 3.17. The molecule has 20 heavy (non-hydrogen) atoms. The van der Waals surface area contributed by atoms with Gasteiger partial charge >= 0.3 is 0 Å². The van der Waals surface area contributed by atoms with Gasteiger partial charge in [0.05, 0.1) is 0 Å². The van der Waals surface area contributed by atoms with E-state index in [1.165, 1.54) is 6.08 Å². The predicted octanol–water partition coefficient (Wildman–Crippen LogP) is 2.49. The van der Waals surface area contributed by atoms with Crippen molar-refractivity contribution in [3.05, 3.63) is 58.9 Å². The highest BCUT2D eigenvalue weighted by Gasteiger charge is 2.11. The molecule has 2 aromatic rings. The van der Waals surface area contributed by atoms with Crippen LogP contribution in [-0.2, 0) is 4.79 Å². The Hall–Kier alpha value is -2.80. The van der Waals surface area contributed by atoms with E-state index in [4.69, 9.17) is 11.0 Å². The van der Waals surface area contributed by atoms with E-state index < -0.39 is 5.91 Å². The van der Waals surface area contributed by atoms with Gasteiger partial charge in [-0.1, -0.05) is 18.2 Å². The van der Waals surface area contributed by atoms with Gasteiger partial charge in [0, 0.05) is 17.1 Å². The summed E-state index contributed by atoms with van der Waals surface area (Å²) in [5, 5.41) is 8.92. The van der Waals surface area contributed by atoms with Crippen molar-refractivity contribution in [1.82, 2.24) is 4.57 Å². The monoisotopic (exact) mass is 265 g/mol. The molecule has 0 aliphatic carbocycles. The van der Waals surface area contributed by atoms with Crippen molar-refractivity contribution < 1.29 is 4.79 Å².